The van der Waals surface area contributed by atoms with Gasteiger partial charge in [0.15, 0.2) is 0 Å². The smallest absolute Gasteiger partial charge is 0.209 e. The monoisotopic (exact) mass is 219 g/mol. The first-order valence-corrected chi connectivity index (χ1v) is 6.24. The third-order valence-electron chi connectivity index (χ3n) is 1.47. The molecular formula is C7H9NO3S2. The van der Waals surface area contributed by atoms with Crippen LogP contribution in [-0.4, -0.2) is 25.4 Å². The van der Waals surface area contributed by atoms with Crippen LogP contribution in [-0.2, 0) is 21.1 Å². The van der Waals surface area contributed by atoms with E-state index in [0.717, 1.165) is 11.3 Å². The molecule has 72 valence electrons. The highest BCUT2D eigenvalue weighted by Gasteiger charge is 2.15. The summed E-state index contributed by atoms with van der Waals surface area (Å²) in [6, 6.07) is 0. The van der Waals surface area contributed by atoms with Crippen molar-refractivity contribution in [3.05, 3.63) is 11.1 Å². The number of sulfone groups is 1. The van der Waals surface area contributed by atoms with E-state index in [1.807, 2.05) is 0 Å². The average Bonchev–Trinajstić information content (AvgIpc) is 2.54. The zero-order chi connectivity index (χ0) is 9.90. The Balaban J connectivity index is 2.98. The lowest BCUT2D eigenvalue weighted by atomic mass is 10.4. The second-order valence-electron chi connectivity index (χ2n) is 2.38. The van der Waals surface area contributed by atoms with Crippen LogP contribution in [0, 0.1) is 0 Å². The standard InChI is InChI=1S/C7H9NO3S2/c1-2-13(10,11)7-8-6(3-4-9)5-12-7/h4-5H,2-3H2,1H3. The van der Waals surface area contributed by atoms with Crippen LogP contribution in [0.25, 0.3) is 0 Å². The first kappa shape index (κ1) is 10.3. The Hall–Kier alpha value is -0.750. The predicted octanol–water partition coefficient (Wildman–Crippen LogP) is 0.678. The highest BCUT2D eigenvalue weighted by atomic mass is 32.2. The summed E-state index contributed by atoms with van der Waals surface area (Å²) in [7, 11) is -3.20. The molecule has 0 saturated heterocycles. The number of carbonyl (C=O) groups is 1. The van der Waals surface area contributed by atoms with Gasteiger partial charge < -0.3 is 4.79 Å². The minimum absolute atomic E-state index is 0.0427. The molecule has 0 fully saturated rings. The van der Waals surface area contributed by atoms with Crippen molar-refractivity contribution in [3.63, 3.8) is 0 Å². The van der Waals surface area contributed by atoms with Crippen molar-refractivity contribution in [1.82, 2.24) is 4.98 Å². The van der Waals surface area contributed by atoms with Crippen LogP contribution >= 0.6 is 11.3 Å². The first-order valence-electron chi connectivity index (χ1n) is 3.71. The van der Waals surface area contributed by atoms with E-state index in [0.29, 0.717) is 12.0 Å². The third-order valence-corrected chi connectivity index (χ3v) is 4.59. The van der Waals surface area contributed by atoms with Gasteiger partial charge in [-0.05, 0) is 0 Å². The molecule has 0 aliphatic carbocycles. The van der Waals surface area contributed by atoms with E-state index in [1.165, 1.54) is 0 Å². The van der Waals surface area contributed by atoms with Gasteiger partial charge in [0.25, 0.3) is 0 Å². The van der Waals surface area contributed by atoms with Gasteiger partial charge in [-0.1, -0.05) is 6.92 Å². The largest absolute Gasteiger partial charge is 0.303 e. The van der Waals surface area contributed by atoms with E-state index in [9.17, 15) is 13.2 Å². The van der Waals surface area contributed by atoms with Crippen LogP contribution in [0.15, 0.2) is 9.72 Å². The number of aromatic nitrogens is 1. The Labute approximate surface area is 80.5 Å². The molecule has 4 nitrogen and oxygen atoms in total. The second-order valence-corrected chi connectivity index (χ2v) is 5.69. The van der Waals surface area contributed by atoms with E-state index in [4.69, 9.17) is 0 Å². The van der Waals surface area contributed by atoms with Gasteiger partial charge in [-0.2, -0.15) is 0 Å². The molecule has 0 atom stereocenters. The van der Waals surface area contributed by atoms with Crippen molar-refractivity contribution in [1.29, 1.82) is 0 Å². The van der Waals surface area contributed by atoms with Crippen LogP contribution in [0.2, 0.25) is 0 Å². The SMILES string of the molecule is CCS(=O)(=O)c1nc(CC=O)cs1. The normalized spacial score (nSPS) is 11.5. The van der Waals surface area contributed by atoms with E-state index in [-0.39, 0.29) is 16.5 Å². The summed E-state index contributed by atoms with van der Waals surface area (Å²) < 4.78 is 22.7. The Kier molecular flexibility index (Phi) is 3.16. The molecule has 1 rings (SSSR count). The fourth-order valence-corrected chi connectivity index (χ4v) is 2.88. The van der Waals surface area contributed by atoms with Gasteiger partial charge in [0, 0.05) is 11.8 Å². The molecule has 6 heteroatoms. The Morgan fingerprint density at radius 2 is 2.31 bits per heavy atom. The van der Waals surface area contributed by atoms with Crippen LogP contribution in [0.1, 0.15) is 12.6 Å². The Bertz CT molecular complexity index is 394. The van der Waals surface area contributed by atoms with E-state index in [1.54, 1.807) is 12.3 Å². The van der Waals surface area contributed by atoms with Crippen molar-refractivity contribution < 1.29 is 13.2 Å². The number of rotatable bonds is 4. The molecule has 0 bridgehead atoms. The van der Waals surface area contributed by atoms with Gasteiger partial charge in [-0.15, -0.1) is 11.3 Å². The Morgan fingerprint density at radius 1 is 1.62 bits per heavy atom. The number of aldehydes is 1. The molecule has 0 aliphatic rings. The molecule has 0 unspecified atom stereocenters. The average molecular weight is 219 g/mol. The fraction of sp³-hybridized carbons (Fsp3) is 0.429. The highest BCUT2D eigenvalue weighted by Crippen LogP contribution is 2.16. The molecule has 1 aromatic rings. The van der Waals surface area contributed by atoms with Gasteiger partial charge in [0.2, 0.25) is 14.2 Å². The van der Waals surface area contributed by atoms with Crippen molar-refractivity contribution in [3.8, 4) is 0 Å². The Morgan fingerprint density at radius 3 is 2.85 bits per heavy atom. The number of nitrogens with zero attached hydrogens (tertiary/aromatic N) is 1. The van der Waals surface area contributed by atoms with Crippen LogP contribution in [0.5, 0.6) is 0 Å². The van der Waals surface area contributed by atoms with Gasteiger partial charge >= 0.3 is 0 Å². The molecule has 0 aromatic carbocycles. The molecule has 0 N–H and O–H groups in total. The zero-order valence-electron chi connectivity index (χ0n) is 7.06. The maximum Gasteiger partial charge on any atom is 0.209 e. The molecule has 0 spiro atoms. The number of thiazole rings is 1. The van der Waals surface area contributed by atoms with E-state index >= 15 is 0 Å². The first-order chi connectivity index (χ1) is 6.10. The van der Waals surface area contributed by atoms with Crippen molar-refractivity contribution in [2.24, 2.45) is 0 Å². The predicted molar refractivity (Wildman–Crippen MR) is 49.6 cm³/mol. The van der Waals surface area contributed by atoms with Crippen molar-refractivity contribution >= 4 is 27.5 Å². The summed E-state index contributed by atoms with van der Waals surface area (Å²) in [5.41, 5.74) is 0.520. The molecule has 0 amide bonds. The third kappa shape index (κ3) is 2.35. The van der Waals surface area contributed by atoms with E-state index in [2.05, 4.69) is 4.98 Å². The zero-order valence-corrected chi connectivity index (χ0v) is 8.69. The molecule has 1 heterocycles. The summed E-state index contributed by atoms with van der Waals surface area (Å²) in [6.07, 6.45) is 0.882. The van der Waals surface area contributed by atoms with Crippen LogP contribution < -0.4 is 0 Å². The minimum atomic E-state index is -3.20. The quantitative estimate of drug-likeness (QED) is 0.698. The molecule has 0 radical (unpaired) electrons. The maximum absolute atomic E-state index is 11.3. The lowest BCUT2D eigenvalue weighted by Crippen LogP contribution is -2.03. The van der Waals surface area contributed by atoms with Gasteiger partial charge in [0.05, 0.1) is 11.4 Å². The summed E-state index contributed by atoms with van der Waals surface area (Å²) in [5, 5.41) is 1.59. The van der Waals surface area contributed by atoms with Gasteiger partial charge in [-0.25, -0.2) is 13.4 Å². The van der Waals surface area contributed by atoms with Gasteiger partial charge in [-0.3, -0.25) is 0 Å². The number of hydrogen-bond donors (Lipinski definition) is 0. The van der Waals surface area contributed by atoms with Crippen LogP contribution in [0.3, 0.4) is 0 Å². The number of carbonyl (C=O) groups excluding carboxylic acids is 1. The molecular weight excluding hydrogens is 210 g/mol. The lowest BCUT2D eigenvalue weighted by Gasteiger charge is -1.92. The molecule has 0 aliphatic heterocycles. The number of hydrogen-bond acceptors (Lipinski definition) is 5. The van der Waals surface area contributed by atoms with Crippen LogP contribution in [0.4, 0.5) is 0 Å². The van der Waals surface area contributed by atoms with Crippen molar-refractivity contribution in [2.75, 3.05) is 5.75 Å². The maximum atomic E-state index is 11.3. The van der Waals surface area contributed by atoms with Crippen molar-refractivity contribution in [2.45, 2.75) is 17.7 Å². The summed E-state index contributed by atoms with van der Waals surface area (Å²) in [4.78, 5) is 14.0. The van der Waals surface area contributed by atoms with Gasteiger partial charge in [0.1, 0.15) is 6.29 Å². The highest BCUT2D eigenvalue weighted by molar-refractivity contribution is 7.93. The molecule has 0 saturated carbocycles. The molecule has 13 heavy (non-hydrogen) atoms. The summed E-state index contributed by atoms with van der Waals surface area (Å²) in [6.45, 7) is 1.57. The topological polar surface area (TPSA) is 64.1 Å². The fourth-order valence-electron chi connectivity index (χ4n) is 0.734. The lowest BCUT2D eigenvalue weighted by molar-refractivity contribution is -0.107. The summed E-state index contributed by atoms with van der Waals surface area (Å²) >= 11 is 1.06. The molecule has 1 aromatic heterocycles. The van der Waals surface area contributed by atoms with E-state index < -0.39 is 9.84 Å². The minimum Gasteiger partial charge on any atom is -0.303 e. The second kappa shape index (κ2) is 3.97. The summed E-state index contributed by atoms with van der Waals surface area (Å²) in [5.74, 6) is 0.0427.